The van der Waals surface area contributed by atoms with E-state index in [4.69, 9.17) is 0 Å². The van der Waals surface area contributed by atoms with E-state index in [-0.39, 0.29) is 18.0 Å². The molecule has 1 aliphatic carbocycles. The Labute approximate surface area is 89.0 Å². The van der Waals surface area contributed by atoms with E-state index in [2.05, 4.69) is 4.74 Å². The van der Waals surface area contributed by atoms with Crippen LogP contribution in [0, 0.1) is 11.8 Å². The van der Waals surface area contributed by atoms with E-state index in [9.17, 15) is 14.4 Å². The van der Waals surface area contributed by atoms with Crippen molar-refractivity contribution in [2.45, 2.75) is 32.6 Å². The average molecular weight is 212 g/mol. The third kappa shape index (κ3) is 2.43. The van der Waals surface area contributed by atoms with Gasteiger partial charge in [-0.25, -0.2) is 0 Å². The van der Waals surface area contributed by atoms with Gasteiger partial charge in [-0.1, -0.05) is 6.92 Å². The normalized spacial score (nSPS) is 22.5. The molecule has 0 N–H and O–H groups in total. The maximum atomic E-state index is 11.6. The second-order valence-electron chi connectivity index (χ2n) is 3.79. The fourth-order valence-electron chi connectivity index (χ4n) is 2.06. The van der Waals surface area contributed by atoms with Crippen molar-refractivity contribution in [3.63, 3.8) is 0 Å². The number of hydrogen-bond donors (Lipinski definition) is 0. The van der Waals surface area contributed by atoms with Crippen LogP contribution in [0.1, 0.15) is 32.6 Å². The topological polar surface area (TPSA) is 60.4 Å². The van der Waals surface area contributed by atoms with Crippen LogP contribution in [0.5, 0.6) is 0 Å². The first-order chi connectivity index (χ1) is 7.11. The van der Waals surface area contributed by atoms with Crippen LogP contribution < -0.4 is 0 Å². The van der Waals surface area contributed by atoms with Gasteiger partial charge in [0.25, 0.3) is 0 Å². The summed E-state index contributed by atoms with van der Waals surface area (Å²) < 4.78 is 4.58. The first-order valence-electron chi connectivity index (χ1n) is 5.25. The van der Waals surface area contributed by atoms with Crippen molar-refractivity contribution in [2.24, 2.45) is 11.8 Å². The Morgan fingerprint density at radius 2 is 2.20 bits per heavy atom. The number of carbonyl (C=O) groups is 3. The van der Waals surface area contributed by atoms with Gasteiger partial charge >= 0.3 is 5.97 Å². The molecule has 0 radical (unpaired) electrons. The number of Topliss-reactive ketones (excluding diaryl/α,β-unsaturated/α-hetero) is 2. The number of rotatable bonds is 4. The smallest absolute Gasteiger partial charge is 0.316 e. The van der Waals surface area contributed by atoms with Crippen LogP contribution in [0.25, 0.3) is 0 Å². The molecule has 1 aliphatic rings. The van der Waals surface area contributed by atoms with Gasteiger partial charge in [-0.2, -0.15) is 0 Å². The zero-order valence-electron chi connectivity index (χ0n) is 9.12. The molecule has 0 saturated heterocycles. The zero-order valence-corrected chi connectivity index (χ0v) is 9.12. The maximum Gasteiger partial charge on any atom is 0.316 e. The summed E-state index contributed by atoms with van der Waals surface area (Å²) in [7, 11) is 1.25. The number of carbonyl (C=O) groups excluding carboxylic acids is 3. The highest BCUT2D eigenvalue weighted by atomic mass is 16.5. The van der Waals surface area contributed by atoms with Crippen LogP contribution >= 0.6 is 0 Å². The predicted octanol–water partition coefficient (Wildman–Crippen LogP) is 1.12. The first-order valence-corrected chi connectivity index (χ1v) is 5.25. The van der Waals surface area contributed by atoms with Crippen LogP contribution in [0.2, 0.25) is 0 Å². The quantitative estimate of drug-likeness (QED) is 0.517. The summed E-state index contributed by atoms with van der Waals surface area (Å²) >= 11 is 0. The van der Waals surface area contributed by atoms with Crippen LogP contribution in [0.3, 0.4) is 0 Å². The molecule has 0 amide bonds. The third-order valence-electron chi connectivity index (χ3n) is 2.90. The Morgan fingerprint density at radius 1 is 1.53 bits per heavy atom. The lowest BCUT2D eigenvalue weighted by molar-refractivity contribution is -0.153. The van der Waals surface area contributed by atoms with Crippen LogP contribution in [0.4, 0.5) is 0 Å². The van der Waals surface area contributed by atoms with E-state index in [1.54, 1.807) is 6.92 Å². The molecular weight excluding hydrogens is 196 g/mol. The van der Waals surface area contributed by atoms with Gasteiger partial charge in [-0.3, -0.25) is 14.4 Å². The Bertz CT molecular complexity index is 266. The standard InChI is InChI=1S/C11H16O4/c1-3-8(12)10(11(14)15-2)7-5-4-6-9(7)13/h7,10H,3-6H2,1-2H3. The fraction of sp³-hybridized carbons (Fsp3) is 0.727. The van der Waals surface area contributed by atoms with E-state index in [0.717, 1.165) is 6.42 Å². The van der Waals surface area contributed by atoms with Crippen molar-refractivity contribution in [3.05, 3.63) is 0 Å². The number of ketones is 2. The summed E-state index contributed by atoms with van der Waals surface area (Å²) in [6.45, 7) is 1.69. The minimum Gasteiger partial charge on any atom is -0.468 e. The molecule has 0 bridgehead atoms. The van der Waals surface area contributed by atoms with E-state index < -0.39 is 17.8 Å². The highest BCUT2D eigenvalue weighted by molar-refractivity contribution is 6.03. The molecule has 0 aromatic heterocycles. The molecule has 0 aromatic carbocycles. The lowest BCUT2D eigenvalue weighted by Gasteiger charge is -2.17. The van der Waals surface area contributed by atoms with Crippen molar-refractivity contribution in [2.75, 3.05) is 7.11 Å². The molecule has 1 rings (SSSR count). The van der Waals surface area contributed by atoms with E-state index >= 15 is 0 Å². The van der Waals surface area contributed by atoms with Crippen LogP contribution in [0.15, 0.2) is 0 Å². The van der Waals surface area contributed by atoms with Gasteiger partial charge in [-0.15, -0.1) is 0 Å². The second-order valence-corrected chi connectivity index (χ2v) is 3.79. The van der Waals surface area contributed by atoms with E-state index in [1.807, 2.05) is 0 Å². The number of hydrogen-bond acceptors (Lipinski definition) is 4. The summed E-state index contributed by atoms with van der Waals surface area (Å²) in [4.78, 5) is 34.5. The maximum absolute atomic E-state index is 11.6. The summed E-state index contributed by atoms with van der Waals surface area (Å²) in [6.07, 6.45) is 2.15. The summed E-state index contributed by atoms with van der Waals surface area (Å²) in [5.41, 5.74) is 0. The minimum atomic E-state index is -0.866. The van der Waals surface area contributed by atoms with Crippen LogP contribution in [-0.4, -0.2) is 24.6 Å². The lowest BCUT2D eigenvalue weighted by Crippen LogP contribution is -2.34. The first kappa shape index (κ1) is 11.9. The molecule has 0 aliphatic heterocycles. The minimum absolute atomic E-state index is 0.0206. The van der Waals surface area contributed by atoms with Crippen molar-refractivity contribution >= 4 is 17.5 Å². The van der Waals surface area contributed by atoms with Crippen LogP contribution in [-0.2, 0) is 19.1 Å². The average Bonchev–Trinajstić information content (AvgIpc) is 2.64. The van der Waals surface area contributed by atoms with Gasteiger partial charge in [0.1, 0.15) is 17.5 Å². The van der Waals surface area contributed by atoms with Crippen molar-refractivity contribution in [1.82, 2.24) is 0 Å². The van der Waals surface area contributed by atoms with Gasteiger partial charge in [0.15, 0.2) is 0 Å². The number of ether oxygens (including phenoxy) is 1. The van der Waals surface area contributed by atoms with Crippen molar-refractivity contribution in [3.8, 4) is 0 Å². The van der Waals surface area contributed by atoms with Gasteiger partial charge in [0, 0.05) is 18.8 Å². The van der Waals surface area contributed by atoms with Crippen molar-refractivity contribution in [1.29, 1.82) is 0 Å². The molecule has 15 heavy (non-hydrogen) atoms. The zero-order chi connectivity index (χ0) is 11.4. The number of esters is 1. The van der Waals surface area contributed by atoms with E-state index in [1.165, 1.54) is 7.11 Å². The molecule has 4 nitrogen and oxygen atoms in total. The SMILES string of the molecule is CCC(=O)C(C(=O)OC)C1CCCC1=O. The molecule has 0 aromatic rings. The van der Waals surface area contributed by atoms with E-state index in [0.29, 0.717) is 12.8 Å². The van der Waals surface area contributed by atoms with Gasteiger partial charge in [-0.05, 0) is 12.8 Å². The molecule has 1 fully saturated rings. The van der Waals surface area contributed by atoms with Gasteiger partial charge in [0.05, 0.1) is 7.11 Å². The molecule has 2 unspecified atom stereocenters. The molecule has 2 atom stereocenters. The Kier molecular flexibility index (Phi) is 4.00. The largest absolute Gasteiger partial charge is 0.468 e. The van der Waals surface area contributed by atoms with Gasteiger partial charge in [0.2, 0.25) is 0 Å². The molecule has 0 heterocycles. The predicted molar refractivity (Wildman–Crippen MR) is 53.2 cm³/mol. The second kappa shape index (κ2) is 5.05. The summed E-state index contributed by atoms with van der Waals surface area (Å²) in [5, 5.41) is 0. The summed E-state index contributed by atoms with van der Waals surface area (Å²) in [5.74, 6) is -2.05. The Morgan fingerprint density at radius 3 is 2.60 bits per heavy atom. The molecule has 0 spiro atoms. The monoisotopic (exact) mass is 212 g/mol. The van der Waals surface area contributed by atoms with Crippen molar-refractivity contribution < 1.29 is 19.1 Å². The lowest BCUT2D eigenvalue weighted by atomic mass is 9.86. The summed E-state index contributed by atoms with van der Waals surface area (Å²) in [6, 6.07) is 0. The van der Waals surface area contributed by atoms with Gasteiger partial charge < -0.3 is 4.74 Å². The molecule has 1 saturated carbocycles. The highest BCUT2D eigenvalue weighted by Crippen LogP contribution is 2.30. The third-order valence-corrected chi connectivity index (χ3v) is 2.90. The molecular formula is C11H16O4. The fourth-order valence-corrected chi connectivity index (χ4v) is 2.06. The Hall–Kier alpha value is -1.19. The Balaban J connectivity index is 2.84. The highest BCUT2D eigenvalue weighted by Gasteiger charge is 2.40. The molecule has 4 heteroatoms. The molecule has 84 valence electrons. The number of methoxy groups -OCH3 is 1.